The molecule has 0 radical (unpaired) electrons. The summed E-state index contributed by atoms with van der Waals surface area (Å²) >= 11 is 6.05. The lowest BCUT2D eigenvalue weighted by atomic mass is 9.98. The number of likely N-dealkylation sites (N-methyl/N-ethyl adjacent to an activating group) is 1. The van der Waals surface area contributed by atoms with E-state index in [0.29, 0.717) is 34.6 Å². The van der Waals surface area contributed by atoms with Gasteiger partial charge < -0.3 is 14.2 Å². The van der Waals surface area contributed by atoms with Gasteiger partial charge in [-0.1, -0.05) is 23.7 Å². The van der Waals surface area contributed by atoms with E-state index < -0.39 is 6.04 Å². The van der Waals surface area contributed by atoms with Gasteiger partial charge in [-0.2, -0.15) is 0 Å². The third kappa shape index (κ3) is 3.08. The summed E-state index contributed by atoms with van der Waals surface area (Å²) in [5, 5.41) is 0.729. The molecule has 3 aromatic rings. The molecule has 0 fully saturated rings. The Hall–Kier alpha value is -2.70. The Morgan fingerprint density at radius 1 is 1.14 bits per heavy atom. The molecule has 2 aromatic carbocycles. The number of nitrogens with zero attached hydrogens (tertiary/aromatic N) is 2. The quantitative estimate of drug-likeness (QED) is 0.670. The number of halogens is 2. The summed E-state index contributed by atoms with van der Waals surface area (Å²) in [6.45, 7) is 1.01. The van der Waals surface area contributed by atoms with Gasteiger partial charge >= 0.3 is 0 Å². The highest BCUT2D eigenvalue weighted by molar-refractivity contribution is 6.31. The standard InChI is InChI=1S/C21H18ClFN2O3/c1-24(2)9-10-25-18(12-3-6-14(23)7-4-12)17-19(26)15-11-13(22)5-8-16(15)28-20(17)21(25)27/h3-8,11,18H,9-10H2,1-2H3/t18-/m1/s1. The molecule has 7 heteroatoms. The number of benzene rings is 2. The number of carbonyl (C=O) groups is 1. The number of fused-ring (bicyclic) bond motifs is 2. The van der Waals surface area contributed by atoms with Gasteiger partial charge in [0, 0.05) is 18.1 Å². The Bertz CT molecular complexity index is 1120. The van der Waals surface area contributed by atoms with Crippen molar-refractivity contribution in [2.45, 2.75) is 6.04 Å². The zero-order chi connectivity index (χ0) is 20.0. The molecule has 0 saturated heterocycles. The Labute approximate surface area is 165 Å². The maximum absolute atomic E-state index is 13.4. The first kappa shape index (κ1) is 18.7. The van der Waals surface area contributed by atoms with Crippen molar-refractivity contribution in [3.05, 3.63) is 80.4 Å². The predicted octanol–water partition coefficient (Wildman–Crippen LogP) is 3.69. The van der Waals surface area contributed by atoms with Crippen molar-refractivity contribution in [2.75, 3.05) is 27.2 Å². The van der Waals surface area contributed by atoms with Gasteiger partial charge in [0.2, 0.25) is 5.76 Å². The third-order valence-electron chi connectivity index (χ3n) is 4.90. The van der Waals surface area contributed by atoms with Crippen LogP contribution in [0, 0.1) is 5.82 Å². The van der Waals surface area contributed by atoms with Gasteiger partial charge in [-0.05, 0) is 50.0 Å². The van der Waals surface area contributed by atoms with Gasteiger partial charge in [0.25, 0.3) is 5.91 Å². The lowest BCUT2D eigenvalue weighted by molar-refractivity contribution is 0.0716. The maximum atomic E-state index is 13.4. The summed E-state index contributed by atoms with van der Waals surface area (Å²) < 4.78 is 19.3. The SMILES string of the molecule is CN(C)CCN1C(=O)c2oc3ccc(Cl)cc3c(=O)c2[C@H]1c1ccc(F)cc1. The van der Waals surface area contributed by atoms with Crippen LogP contribution in [0.5, 0.6) is 0 Å². The molecule has 28 heavy (non-hydrogen) atoms. The smallest absolute Gasteiger partial charge is 0.290 e. The fourth-order valence-electron chi connectivity index (χ4n) is 3.52. The van der Waals surface area contributed by atoms with Crippen molar-refractivity contribution < 1.29 is 13.6 Å². The second kappa shape index (κ2) is 7.04. The molecule has 2 heterocycles. The molecule has 1 aliphatic rings. The molecule has 0 saturated carbocycles. The van der Waals surface area contributed by atoms with Gasteiger partial charge in [0.15, 0.2) is 5.43 Å². The Morgan fingerprint density at radius 3 is 2.54 bits per heavy atom. The largest absolute Gasteiger partial charge is 0.450 e. The highest BCUT2D eigenvalue weighted by atomic mass is 35.5. The number of hydrogen-bond donors (Lipinski definition) is 0. The van der Waals surface area contributed by atoms with Crippen LogP contribution in [0.4, 0.5) is 4.39 Å². The lowest BCUT2D eigenvalue weighted by Gasteiger charge is -2.26. The van der Waals surface area contributed by atoms with Crippen LogP contribution in [0.15, 0.2) is 51.7 Å². The molecule has 5 nitrogen and oxygen atoms in total. The molecule has 0 spiro atoms. The van der Waals surface area contributed by atoms with E-state index in [-0.39, 0.29) is 28.5 Å². The summed E-state index contributed by atoms with van der Waals surface area (Å²) in [5.74, 6) is -0.696. The molecular weight excluding hydrogens is 383 g/mol. The van der Waals surface area contributed by atoms with Gasteiger partial charge in [0.05, 0.1) is 17.0 Å². The van der Waals surface area contributed by atoms with Crippen molar-refractivity contribution in [3.8, 4) is 0 Å². The first-order valence-corrected chi connectivity index (χ1v) is 9.22. The van der Waals surface area contributed by atoms with Gasteiger partial charge in [-0.15, -0.1) is 0 Å². The molecule has 0 N–H and O–H groups in total. The van der Waals surface area contributed by atoms with Crippen LogP contribution in [0.2, 0.25) is 5.02 Å². The van der Waals surface area contributed by atoms with Crippen LogP contribution in [-0.4, -0.2) is 42.9 Å². The molecule has 1 atom stereocenters. The van der Waals surface area contributed by atoms with Crippen molar-refractivity contribution in [1.82, 2.24) is 9.80 Å². The molecule has 4 rings (SSSR count). The maximum Gasteiger partial charge on any atom is 0.290 e. The van der Waals surface area contributed by atoms with Crippen molar-refractivity contribution in [1.29, 1.82) is 0 Å². The van der Waals surface area contributed by atoms with Crippen LogP contribution in [0.25, 0.3) is 11.0 Å². The van der Waals surface area contributed by atoms with E-state index in [0.717, 1.165) is 0 Å². The Balaban J connectivity index is 1.94. The average molecular weight is 401 g/mol. The van der Waals surface area contributed by atoms with Crippen LogP contribution in [0.1, 0.15) is 27.7 Å². The number of hydrogen-bond acceptors (Lipinski definition) is 4. The number of rotatable bonds is 4. The van der Waals surface area contributed by atoms with E-state index in [4.69, 9.17) is 16.0 Å². The van der Waals surface area contributed by atoms with E-state index >= 15 is 0 Å². The predicted molar refractivity (Wildman–Crippen MR) is 105 cm³/mol. The fourth-order valence-corrected chi connectivity index (χ4v) is 3.69. The first-order valence-electron chi connectivity index (χ1n) is 8.84. The summed E-state index contributed by atoms with van der Waals surface area (Å²) in [4.78, 5) is 29.9. The van der Waals surface area contributed by atoms with E-state index in [9.17, 15) is 14.0 Å². The lowest BCUT2D eigenvalue weighted by Crippen LogP contribution is -2.35. The van der Waals surface area contributed by atoms with Gasteiger partial charge in [-0.25, -0.2) is 4.39 Å². The van der Waals surface area contributed by atoms with Crippen LogP contribution < -0.4 is 5.43 Å². The van der Waals surface area contributed by atoms with E-state index in [1.807, 2.05) is 19.0 Å². The molecular formula is C21H18ClFN2O3. The topological polar surface area (TPSA) is 53.8 Å². The molecule has 0 aliphatic carbocycles. The second-order valence-electron chi connectivity index (χ2n) is 7.07. The van der Waals surface area contributed by atoms with Crippen molar-refractivity contribution >= 4 is 28.5 Å². The molecule has 144 valence electrons. The normalized spacial score (nSPS) is 16.2. The second-order valence-corrected chi connectivity index (χ2v) is 7.51. The Morgan fingerprint density at radius 2 is 1.86 bits per heavy atom. The highest BCUT2D eigenvalue weighted by Crippen LogP contribution is 2.38. The van der Waals surface area contributed by atoms with Crippen LogP contribution in [-0.2, 0) is 0 Å². The van der Waals surface area contributed by atoms with E-state index in [1.165, 1.54) is 18.2 Å². The highest BCUT2D eigenvalue weighted by Gasteiger charge is 2.42. The third-order valence-corrected chi connectivity index (χ3v) is 5.14. The van der Waals surface area contributed by atoms with E-state index in [2.05, 4.69) is 0 Å². The van der Waals surface area contributed by atoms with Gasteiger partial charge in [-0.3, -0.25) is 9.59 Å². The van der Waals surface area contributed by atoms with E-state index in [1.54, 1.807) is 29.2 Å². The van der Waals surface area contributed by atoms with Gasteiger partial charge in [0.1, 0.15) is 11.4 Å². The molecule has 1 aliphatic heterocycles. The molecule has 0 bridgehead atoms. The summed E-state index contributed by atoms with van der Waals surface area (Å²) in [5.41, 5.74) is 0.939. The number of amides is 1. The van der Waals surface area contributed by atoms with Crippen molar-refractivity contribution in [3.63, 3.8) is 0 Å². The van der Waals surface area contributed by atoms with Crippen LogP contribution >= 0.6 is 11.6 Å². The van der Waals surface area contributed by atoms with Crippen LogP contribution in [0.3, 0.4) is 0 Å². The summed E-state index contributed by atoms with van der Waals surface area (Å²) in [7, 11) is 3.81. The first-order chi connectivity index (χ1) is 13.4. The zero-order valence-corrected chi connectivity index (χ0v) is 16.2. The average Bonchev–Trinajstić information content (AvgIpc) is 2.94. The molecule has 1 aromatic heterocycles. The fraction of sp³-hybridized carbons (Fsp3) is 0.238. The monoisotopic (exact) mass is 400 g/mol. The van der Waals surface area contributed by atoms with Crippen molar-refractivity contribution in [2.24, 2.45) is 0 Å². The Kier molecular flexibility index (Phi) is 4.69. The summed E-state index contributed by atoms with van der Waals surface area (Å²) in [6.07, 6.45) is 0. The zero-order valence-electron chi connectivity index (χ0n) is 15.4. The summed E-state index contributed by atoms with van der Waals surface area (Å²) in [6, 6.07) is 9.92. The molecule has 0 unspecified atom stereocenters. The minimum absolute atomic E-state index is 0.0351. The molecule has 1 amide bonds. The number of carbonyl (C=O) groups excluding carboxylic acids is 1. The minimum Gasteiger partial charge on any atom is -0.450 e. The minimum atomic E-state index is -0.636.